The van der Waals surface area contributed by atoms with Gasteiger partial charge in [-0.2, -0.15) is 0 Å². The van der Waals surface area contributed by atoms with Gasteiger partial charge in [0.2, 0.25) is 0 Å². The first-order valence-electron chi connectivity index (χ1n) is 12.4. The molecule has 0 saturated heterocycles. The van der Waals surface area contributed by atoms with Gasteiger partial charge in [0, 0.05) is 37.4 Å². The number of carbonyl (C=O) groups excluding carboxylic acids is 2. The summed E-state index contributed by atoms with van der Waals surface area (Å²) in [6.45, 7) is 23.6. The van der Waals surface area contributed by atoms with Crippen LogP contribution in [-0.2, 0) is 17.9 Å². The second kappa shape index (κ2) is 11.7. The zero-order chi connectivity index (χ0) is 24.0. The van der Waals surface area contributed by atoms with E-state index in [9.17, 15) is 9.59 Å². The van der Waals surface area contributed by atoms with Crippen molar-refractivity contribution in [1.29, 1.82) is 0 Å². The largest absolute Gasteiger partial charge is 0.300 e. The van der Waals surface area contributed by atoms with Gasteiger partial charge in [-0.3, -0.25) is 14.5 Å². The normalized spacial score (nSPS) is 16.3. The predicted molar refractivity (Wildman–Crippen MR) is 136 cm³/mol. The Balaban J connectivity index is 2.28. The van der Waals surface area contributed by atoms with E-state index in [1.54, 1.807) is 0 Å². The van der Waals surface area contributed by atoms with Crippen molar-refractivity contribution in [2.45, 2.75) is 86.7 Å². The molecule has 3 atom stereocenters. The highest BCUT2D eigenvalue weighted by Gasteiger charge is 2.31. The fourth-order valence-electron chi connectivity index (χ4n) is 4.90. The third kappa shape index (κ3) is 6.28. The molecule has 0 fully saturated rings. The van der Waals surface area contributed by atoms with Crippen molar-refractivity contribution in [2.24, 2.45) is 17.8 Å². The van der Waals surface area contributed by atoms with Gasteiger partial charge in [0.1, 0.15) is 5.78 Å². The number of fused-ring (bicyclic) bond motifs is 1. The molecule has 0 radical (unpaired) electrons. The molecule has 0 saturated carbocycles. The first-order chi connectivity index (χ1) is 15.1. The van der Waals surface area contributed by atoms with Crippen LogP contribution in [0, 0.1) is 17.8 Å². The number of nitrogens with zero attached hydrogens (tertiary/aromatic N) is 1. The summed E-state index contributed by atoms with van der Waals surface area (Å²) >= 11 is 0. The summed E-state index contributed by atoms with van der Waals surface area (Å²) in [5, 5.41) is 0. The summed E-state index contributed by atoms with van der Waals surface area (Å²) in [5.41, 5.74) is 6.39. The fourth-order valence-corrected chi connectivity index (χ4v) is 4.90. The molecule has 3 nitrogen and oxygen atoms in total. The van der Waals surface area contributed by atoms with E-state index >= 15 is 0 Å². The van der Waals surface area contributed by atoms with E-state index in [1.807, 2.05) is 27.7 Å². The van der Waals surface area contributed by atoms with Crippen molar-refractivity contribution in [3.8, 4) is 0 Å². The standard InChI is InChI=1S/C29H43NO2/c1-9-11-14-30-17-23-15-27(20(5)6)28(16-24(23)18-30)29(32)22(8)21(7)26(19(3)4)13-12-25(31)10-2/h15-16,21-22,26H,3,5,9-14,17-18H2,1-2,4,6-8H3. The van der Waals surface area contributed by atoms with Gasteiger partial charge < -0.3 is 0 Å². The Kier molecular flexibility index (Phi) is 9.64. The summed E-state index contributed by atoms with van der Waals surface area (Å²) < 4.78 is 0. The molecule has 0 aromatic heterocycles. The molecule has 3 unspecified atom stereocenters. The van der Waals surface area contributed by atoms with Gasteiger partial charge in [-0.25, -0.2) is 0 Å². The zero-order valence-corrected chi connectivity index (χ0v) is 21.2. The number of benzene rings is 1. The van der Waals surface area contributed by atoms with E-state index in [2.05, 4.69) is 44.0 Å². The summed E-state index contributed by atoms with van der Waals surface area (Å²) in [7, 11) is 0. The monoisotopic (exact) mass is 437 g/mol. The molecule has 0 aliphatic carbocycles. The molecule has 1 aromatic carbocycles. The van der Waals surface area contributed by atoms with Crippen LogP contribution in [0.1, 0.15) is 101 Å². The van der Waals surface area contributed by atoms with E-state index in [-0.39, 0.29) is 29.3 Å². The lowest BCUT2D eigenvalue weighted by Crippen LogP contribution is -2.27. The van der Waals surface area contributed by atoms with E-state index in [4.69, 9.17) is 0 Å². The third-order valence-corrected chi connectivity index (χ3v) is 7.28. The molecule has 0 amide bonds. The van der Waals surface area contributed by atoms with Crippen molar-refractivity contribution in [1.82, 2.24) is 4.90 Å². The number of unbranched alkanes of at least 4 members (excludes halogenated alkanes) is 1. The minimum Gasteiger partial charge on any atom is -0.300 e. The van der Waals surface area contributed by atoms with Crippen LogP contribution in [0.2, 0.25) is 0 Å². The van der Waals surface area contributed by atoms with E-state index < -0.39 is 0 Å². The lowest BCUT2D eigenvalue weighted by molar-refractivity contribution is -0.119. The second-order valence-electron chi connectivity index (χ2n) is 9.91. The zero-order valence-electron chi connectivity index (χ0n) is 21.2. The van der Waals surface area contributed by atoms with Gasteiger partial charge in [0.15, 0.2) is 5.78 Å². The first kappa shape index (κ1) is 26.3. The quantitative estimate of drug-likeness (QED) is 0.241. The van der Waals surface area contributed by atoms with Crippen molar-refractivity contribution >= 4 is 17.1 Å². The minimum atomic E-state index is -0.151. The lowest BCUT2D eigenvalue weighted by atomic mass is 9.74. The average molecular weight is 438 g/mol. The molecule has 0 bridgehead atoms. The van der Waals surface area contributed by atoms with Crippen molar-refractivity contribution in [3.05, 3.63) is 53.1 Å². The topological polar surface area (TPSA) is 37.4 Å². The second-order valence-corrected chi connectivity index (χ2v) is 9.91. The van der Waals surface area contributed by atoms with Gasteiger partial charge in [0.25, 0.3) is 0 Å². The Morgan fingerprint density at radius 2 is 1.62 bits per heavy atom. The molecular weight excluding hydrogens is 394 g/mol. The summed E-state index contributed by atoms with van der Waals surface area (Å²) in [6.07, 6.45) is 4.28. The number of allylic oxidation sites excluding steroid dienone is 2. The molecule has 1 heterocycles. The maximum atomic E-state index is 13.7. The Hall–Kier alpha value is -2.00. The summed E-state index contributed by atoms with van der Waals surface area (Å²) in [4.78, 5) is 28.1. The molecule has 1 aliphatic rings. The highest BCUT2D eigenvalue weighted by molar-refractivity contribution is 6.02. The molecule has 176 valence electrons. The molecule has 2 rings (SSSR count). The van der Waals surface area contributed by atoms with Crippen LogP contribution in [0.25, 0.3) is 5.57 Å². The van der Waals surface area contributed by atoms with Crippen LogP contribution >= 0.6 is 0 Å². The lowest BCUT2D eigenvalue weighted by Gasteiger charge is -2.29. The third-order valence-electron chi connectivity index (χ3n) is 7.28. The van der Waals surface area contributed by atoms with Crippen molar-refractivity contribution in [2.75, 3.05) is 6.54 Å². The Bertz CT molecular complexity index is 866. The Morgan fingerprint density at radius 3 is 2.12 bits per heavy atom. The first-order valence-corrected chi connectivity index (χ1v) is 12.4. The average Bonchev–Trinajstić information content (AvgIpc) is 3.16. The van der Waals surface area contributed by atoms with Crippen molar-refractivity contribution < 1.29 is 9.59 Å². The molecule has 1 aliphatic heterocycles. The number of ketones is 2. The summed E-state index contributed by atoms with van der Waals surface area (Å²) in [5.74, 6) is 0.590. The van der Waals surface area contributed by atoms with Crippen LogP contribution in [-0.4, -0.2) is 23.0 Å². The van der Waals surface area contributed by atoms with Gasteiger partial charge >= 0.3 is 0 Å². The highest BCUT2D eigenvalue weighted by atomic mass is 16.1. The Labute approximate surface area is 196 Å². The van der Waals surface area contributed by atoms with Gasteiger partial charge in [0.05, 0.1) is 0 Å². The van der Waals surface area contributed by atoms with E-state index in [0.717, 1.165) is 48.3 Å². The molecule has 32 heavy (non-hydrogen) atoms. The van der Waals surface area contributed by atoms with Crippen LogP contribution in [0.15, 0.2) is 30.9 Å². The number of Topliss-reactive ketones (excluding diaryl/α,β-unsaturated/α-hetero) is 2. The maximum Gasteiger partial charge on any atom is 0.166 e. The maximum absolute atomic E-state index is 13.7. The minimum absolute atomic E-state index is 0.122. The van der Waals surface area contributed by atoms with Crippen molar-refractivity contribution in [3.63, 3.8) is 0 Å². The van der Waals surface area contributed by atoms with Crippen LogP contribution in [0.5, 0.6) is 0 Å². The summed E-state index contributed by atoms with van der Waals surface area (Å²) in [6, 6.07) is 4.33. The number of carbonyl (C=O) groups is 2. The van der Waals surface area contributed by atoms with Gasteiger partial charge in [-0.05, 0) is 73.9 Å². The molecule has 3 heteroatoms. The van der Waals surface area contributed by atoms with Crippen LogP contribution in [0.4, 0.5) is 0 Å². The van der Waals surface area contributed by atoms with Crippen LogP contribution in [0.3, 0.4) is 0 Å². The van der Waals surface area contributed by atoms with E-state index in [0.29, 0.717) is 12.8 Å². The number of hydrogen-bond acceptors (Lipinski definition) is 3. The molecule has 1 aromatic rings. The molecule has 0 N–H and O–H groups in total. The predicted octanol–water partition coefficient (Wildman–Crippen LogP) is 7.24. The fraction of sp³-hybridized carbons (Fsp3) is 0.586. The highest BCUT2D eigenvalue weighted by Crippen LogP contribution is 2.35. The number of rotatable bonds is 13. The Morgan fingerprint density at radius 1 is 1.03 bits per heavy atom. The molecule has 0 spiro atoms. The number of hydrogen-bond donors (Lipinski definition) is 0. The van der Waals surface area contributed by atoms with Gasteiger partial charge in [-0.15, -0.1) is 0 Å². The van der Waals surface area contributed by atoms with Gasteiger partial charge in [-0.1, -0.05) is 58.4 Å². The molecular formula is C29H43NO2. The van der Waals surface area contributed by atoms with Crippen LogP contribution < -0.4 is 0 Å². The smallest absolute Gasteiger partial charge is 0.166 e. The van der Waals surface area contributed by atoms with E-state index in [1.165, 1.54) is 24.0 Å². The SMILES string of the molecule is C=C(C)c1cc2c(cc1C(=O)C(C)C(C)C(CCC(=O)CC)C(=C)C)CN(CCCC)C2.